The van der Waals surface area contributed by atoms with Crippen LogP contribution in [0.4, 0.5) is 0 Å². The van der Waals surface area contributed by atoms with Crippen molar-refractivity contribution < 1.29 is 9.90 Å². The number of hydrogen-bond donors (Lipinski definition) is 4. The summed E-state index contributed by atoms with van der Waals surface area (Å²) >= 11 is 0. The number of aliphatic hydroxyl groups excluding tert-OH is 1. The van der Waals surface area contributed by atoms with Crippen LogP contribution in [0, 0.1) is 5.92 Å². The van der Waals surface area contributed by atoms with Crippen LogP contribution in [0.25, 0.3) is 0 Å². The molecule has 0 saturated carbocycles. The number of carbonyl (C=O) groups excluding carboxylic acids is 1. The average Bonchev–Trinajstić information content (AvgIpc) is 2.50. The Morgan fingerprint density at radius 2 is 1.91 bits per heavy atom. The van der Waals surface area contributed by atoms with Gasteiger partial charge in [0.1, 0.15) is 0 Å². The third-order valence-electron chi connectivity index (χ3n) is 3.39. The number of rotatable bonds is 10. The number of nitrogens with two attached hydrogens (primary N) is 1. The smallest absolute Gasteiger partial charge is 0.237 e. The van der Waals surface area contributed by atoms with Crippen molar-refractivity contribution in [1.29, 1.82) is 0 Å². The van der Waals surface area contributed by atoms with Crippen molar-refractivity contribution in [3.05, 3.63) is 35.9 Å². The highest BCUT2D eigenvalue weighted by Crippen LogP contribution is 2.02. The van der Waals surface area contributed by atoms with E-state index in [9.17, 15) is 4.79 Å². The van der Waals surface area contributed by atoms with Gasteiger partial charge in [0.25, 0.3) is 0 Å². The Labute approximate surface area is 133 Å². The monoisotopic (exact) mass is 307 g/mol. The van der Waals surface area contributed by atoms with Crippen LogP contribution in [-0.2, 0) is 11.2 Å². The second-order valence-electron chi connectivity index (χ2n) is 6.06. The second-order valence-corrected chi connectivity index (χ2v) is 6.06. The van der Waals surface area contributed by atoms with Gasteiger partial charge < -0.3 is 21.5 Å². The standard InChI is InChI=1S/C17H29N3O2/c1-13(2)11-20-17(22)16(8-9-21)19-12-15(18)10-14-6-4-3-5-7-14/h3-7,13,15-16,19,21H,8-12,18H2,1-2H3,(H,20,22)/t15?,16-/m0/s1. The normalized spacial score (nSPS) is 13.9. The zero-order chi connectivity index (χ0) is 16.4. The molecule has 0 radical (unpaired) electrons. The molecule has 1 unspecified atom stereocenters. The maximum Gasteiger partial charge on any atom is 0.237 e. The minimum absolute atomic E-state index is 0.0271. The van der Waals surface area contributed by atoms with Crippen molar-refractivity contribution in [1.82, 2.24) is 10.6 Å². The van der Waals surface area contributed by atoms with Gasteiger partial charge >= 0.3 is 0 Å². The van der Waals surface area contributed by atoms with E-state index in [1.165, 1.54) is 5.56 Å². The van der Waals surface area contributed by atoms with Gasteiger partial charge in [-0.3, -0.25) is 4.79 Å². The zero-order valence-corrected chi connectivity index (χ0v) is 13.6. The van der Waals surface area contributed by atoms with E-state index in [0.717, 1.165) is 6.42 Å². The molecule has 5 nitrogen and oxygen atoms in total. The SMILES string of the molecule is CC(C)CNC(=O)[C@H](CCO)NCC(N)Cc1ccccc1. The molecule has 22 heavy (non-hydrogen) atoms. The first-order valence-corrected chi connectivity index (χ1v) is 7.94. The van der Waals surface area contributed by atoms with Gasteiger partial charge in [0, 0.05) is 25.7 Å². The minimum atomic E-state index is -0.398. The lowest BCUT2D eigenvalue weighted by Crippen LogP contribution is -2.49. The van der Waals surface area contributed by atoms with Crippen molar-refractivity contribution in [3.63, 3.8) is 0 Å². The lowest BCUT2D eigenvalue weighted by Gasteiger charge is -2.21. The third kappa shape index (κ3) is 7.54. The molecule has 0 spiro atoms. The molecule has 0 heterocycles. The lowest BCUT2D eigenvalue weighted by molar-refractivity contribution is -0.123. The Bertz CT molecular complexity index is 423. The summed E-state index contributed by atoms with van der Waals surface area (Å²) in [6.07, 6.45) is 1.15. The summed E-state index contributed by atoms with van der Waals surface area (Å²) in [5, 5.41) is 15.2. The molecule has 1 aromatic carbocycles. The number of aliphatic hydroxyl groups is 1. The molecule has 0 bridgehead atoms. The first-order valence-electron chi connectivity index (χ1n) is 7.94. The highest BCUT2D eigenvalue weighted by molar-refractivity contribution is 5.81. The Morgan fingerprint density at radius 1 is 1.23 bits per heavy atom. The molecule has 1 aromatic rings. The predicted molar refractivity (Wildman–Crippen MR) is 89.5 cm³/mol. The molecule has 0 fully saturated rings. The van der Waals surface area contributed by atoms with Gasteiger partial charge in [0.15, 0.2) is 0 Å². The number of amides is 1. The topological polar surface area (TPSA) is 87.4 Å². The highest BCUT2D eigenvalue weighted by Gasteiger charge is 2.18. The Morgan fingerprint density at radius 3 is 2.50 bits per heavy atom. The summed E-state index contributed by atoms with van der Waals surface area (Å²) in [5.74, 6) is 0.328. The Balaban J connectivity index is 2.40. The molecule has 1 amide bonds. The summed E-state index contributed by atoms with van der Waals surface area (Å²) in [7, 11) is 0. The highest BCUT2D eigenvalue weighted by atomic mass is 16.3. The van der Waals surface area contributed by atoms with Crippen molar-refractivity contribution in [2.75, 3.05) is 19.7 Å². The molecule has 2 atom stereocenters. The fraction of sp³-hybridized carbons (Fsp3) is 0.588. The Kier molecular flexibility index (Phi) is 8.74. The fourth-order valence-electron chi connectivity index (χ4n) is 2.17. The summed E-state index contributed by atoms with van der Waals surface area (Å²) in [5.41, 5.74) is 7.30. The second kappa shape index (κ2) is 10.3. The van der Waals surface area contributed by atoms with Crippen molar-refractivity contribution in [2.24, 2.45) is 11.7 Å². The summed E-state index contributed by atoms with van der Waals surface area (Å²) in [4.78, 5) is 12.1. The minimum Gasteiger partial charge on any atom is -0.396 e. The largest absolute Gasteiger partial charge is 0.396 e. The van der Waals surface area contributed by atoms with Crippen LogP contribution >= 0.6 is 0 Å². The van der Waals surface area contributed by atoms with E-state index in [0.29, 0.717) is 25.4 Å². The summed E-state index contributed by atoms with van der Waals surface area (Å²) in [6.45, 7) is 5.24. The quantitative estimate of drug-likeness (QED) is 0.512. The van der Waals surface area contributed by atoms with Crippen LogP contribution in [0.3, 0.4) is 0 Å². The van der Waals surface area contributed by atoms with E-state index in [4.69, 9.17) is 10.8 Å². The van der Waals surface area contributed by atoms with E-state index < -0.39 is 6.04 Å². The van der Waals surface area contributed by atoms with Crippen LogP contribution in [0.1, 0.15) is 25.8 Å². The number of carbonyl (C=O) groups is 1. The van der Waals surface area contributed by atoms with E-state index in [-0.39, 0.29) is 18.6 Å². The zero-order valence-electron chi connectivity index (χ0n) is 13.6. The molecule has 0 aromatic heterocycles. The van der Waals surface area contributed by atoms with Crippen LogP contribution in [0.2, 0.25) is 0 Å². The molecule has 1 rings (SSSR count). The Hall–Kier alpha value is -1.43. The maximum atomic E-state index is 12.1. The van der Waals surface area contributed by atoms with Gasteiger partial charge in [-0.05, 0) is 24.3 Å². The van der Waals surface area contributed by atoms with E-state index >= 15 is 0 Å². The molecule has 0 aliphatic carbocycles. The molecule has 5 heteroatoms. The van der Waals surface area contributed by atoms with Crippen LogP contribution in [0.5, 0.6) is 0 Å². The van der Waals surface area contributed by atoms with E-state index in [1.807, 2.05) is 44.2 Å². The number of hydrogen-bond acceptors (Lipinski definition) is 4. The summed E-state index contributed by atoms with van der Waals surface area (Å²) in [6, 6.07) is 9.57. The van der Waals surface area contributed by atoms with E-state index in [1.54, 1.807) is 0 Å². The van der Waals surface area contributed by atoms with Gasteiger partial charge in [-0.2, -0.15) is 0 Å². The molecule has 124 valence electrons. The van der Waals surface area contributed by atoms with Gasteiger partial charge in [0.2, 0.25) is 5.91 Å². The number of nitrogens with one attached hydrogen (secondary N) is 2. The molecule has 0 aliphatic rings. The van der Waals surface area contributed by atoms with Crippen LogP contribution in [0.15, 0.2) is 30.3 Å². The molecular weight excluding hydrogens is 278 g/mol. The summed E-state index contributed by atoms with van der Waals surface area (Å²) < 4.78 is 0. The molecule has 0 saturated heterocycles. The first-order chi connectivity index (χ1) is 10.5. The van der Waals surface area contributed by atoms with Gasteiger partial charge in [-0.1, -0.05) is 44.2 Å². The van der Waals surface area contributed by atoms with Crippen LogP contribution < -0.4 is 16.4 Å². The fourth-order valence-corrected chi connectivity index (χ4v) is 2.17. The third-order valence-corrected chi connectivity index (χ3v) is 3.39. The van der Waals surface area contributed by atoms with Crippen molar-refractivity contribution >= 4 is 5.91 Å². The lowest BCUT2D eigenvalue weighted by atomic mass is 10.1. The molecular formula is C17H29N3O2. The van der Waals surface area contributed by atoms with Crippen molar-refractivity contribution in [3.8, 4) is 0 Å². The molecule has 5 N–H and O–H groups in total. The van der Waals surface area contributed by atoms with Gasteiger partial charge in [0.05, 0.1) is 6.04 Å². The first kappa shape index (κ1) is 18.6. The maximum absolute atomic E-state index is 12.1. The van der Waals surface area contributed by atoms with Gasteiger partial charge in [-0.15, -0.1) is 0 Å². The predicted octanol–water partition coefficient (Wildman–Crippen LogP) is 0.669. The van der Waals surface area contributed by atoms with Crippen molar-refractivity contribution in [2.45, 2.75) is 38.8 Å². The van der Waals surface area contributed by atoms with E-state index in [2.05, 4.69) is 10.6 Å². The van der Waals surface area contributed by atoms with Crippen LogP contribution in [-0.4, -0.2) is 42.8 Å². The number of benzene rings is 1. The molecule has 0 aliphatic heterocycles. The average molecular weight is 307 g/mol. The van der Waals surface area contributed by atoms with Gasteiger partial charge in [-0.25, -0.2) is 0 Å².